The van der Waals surface area contributed by atoms with Crippen molar-refractivity contribution in [3.63, 3.8) is 0 Å². The number of hydrogen-bond acceptors (Lipinski definition) is 3. The number of aryl methyl sites for hydroxylation is 2. The summed E-state index contributed by atoms with van der Waals surface area (Å²) in [6.45, 7) is 3.65. The van der Waals surface area contributed by atoms with Crippen LogP contribution in [0.15, 0.2) is 47.4 Å². The van der Waals surface area contributed by atoms with Crippen LogP contribution >= 0.6 is 0 Å². The molecule has 0 aromatic heterocycles. The lowest BCUT2D eigenvalue weighted by Gasteiger charge is -2.14. The summed E-state index contributed by atoms with van der Waals surface area (Å²) in [5.41, 5.74) is 2.63. The molecule has 138 valence electrons. The van der Waals surface area contributed by atoms with Crippen LogP contribution in [0.4, 0.5) is 11.4 Å². The van der Waals surface area contributed by atoms with Crippen molar-refractivity contribution >= 4 is 27.3 Å². The number of amides is 1. The Morgan fingerprint density at radius 3 is 2.42 bits per heavy atom. The second kappa shape index (κ2) is 7.50. The van der Waals surface area contributed by atoms with Crippen molar-refractivity contribution in [3.05, 3.63) is 53.6 Å². The predicted molar refractivity (Wildman–Crippen MR) is 104 cm³/mol. The van der Waals surface area contributed by atoms with E-state index in [-0.39, 0.29) is 16.7 Å². The molecule has 3 rings (SSSR count). The van der Waals surface area contributed by atoms with Gasteiger partial charge in [-0.2, -0.15) is 0 Å². The number of nitrogens with one attached hydrogen (secondary N) is 2. The molecule has 1 fully saturated rings. The molecule has 0 unspecified atom stereocenters. The average Bonchev–Trinajstić information content (AvgIpc) is 3.10. The fraction of sp³-hybridized carbons (Fsp3) is 0.350. The Bertz CT molecular complexity index is 916. The van der Waals surface area contributed by atoms with Gasteiger partial charge in [0.05, 0.1) is 4.90 Å². The van der Waals surface area contributed by atoms with Crippen molar-refractivity contribution in [2.24, 2.45) is 5.92 Å². The number of sulfonamides is 1. The zero-order valence-electron chi connectivity index (χ0n) is 15.1. The Hall–Kier alpha value is -2.34. The second-order valence-corrected chi connectivity index (χ2v) is 8.58. The highest BCUT2D eigenvalue weighted by atomic mass is 32.2. The van der Waals surface area contributed by atoms with E-state index in [0.29, 0.717) is 16.9 Å². The standard InChI is InChI=1S/C20H24N2O3S/c1-14-6-5-9-18(12-14)22-26(24,25)19-13-17(11-10-15(19)2)21-20(23)16-7-3-4-8-16/h5-6,9-13,16,22H,3-4,7-8H2,1-2H3,(H,21,23). The van der Waals surface area contributed by atoms with Gasteiger partial charge in [0.1, 0.15) is 0 Å². The largest absolute Gasteiger partial charge is 0.326 e. The fourth-order valence-corrected chi connectivity index (χ4v) is 4.64. The summed E-state index contributed by atoms with van der Waals surface area (Å²) in [4.78, 5) is 12.5. The third-order valence-corrected chi connectivity index (χ3v) is 6.26. The number of carbonyl (C=O) groups is 1. The number of benzene rings is 2. The Labute approximate surface area is 154 Å². The minimum atomic E-state index is -3.74. The van der Waals surface area contributed by atoms with Gasteiger partial charge in [0.15, 0.2) is 0 Å². The van der Waals surface area contributed by atoms with Gasteiger partial charge in [-0.05, 0) is 62.1 Å². The molecule has 1 amide bonds. The van der Waals surface area contributed by atoms with Crippen molar-refractivity contribution in [2.75, 3.05) is 10.0 Å². The molecular formula is C20H24N2O3S. The quantitative estimate of drug-likeness (QED) is 0.824. The SMILES string of the molecule is Cc1cccc(NS(=O)(=O)c2cc(NC(=O)C3CCCC3)ccc2C)c1. The summed E-state index contributed by atoms with van der Waals surface area (Å²) in [5.74, 6) is 0.00289. The van der Waals surface area contributed by atoms with Gasteiger partial charge in [0.2, 0.25) is 5.91 Å². The Kier molecular flexibility index (Phi) is 5.32. The van der Waals surface area contributed by atoms with Gasteiger partial charge in [-0.1, -0.05) is 31.0 Å². The molecule has 2 N–H and O–H groups in total. The Morgan fingerprint density at radius 2 is 1.73 bits per heavy atom. The lowest BCUT2D eigenvalue weighted by atomic mass is 10.1. The maximum Gasteiger partial charge on any atom is 0.262 e. The monoisotopic (exact) mass is 372 g/mol. The maximum atomic E-state index is 12.8. The van der Waals surface area contributed by atoms with Gasteiger partial charge >= 0.3 is 0 Å². The van der Waals surface area contributed by atoms with E-state index in [2.05, 4.69) is 10.0 Å². The summed E-state index contributed by atoms with van der Waals surface area (Å²) < 4.78 is 28.2. The normalized spacial score (nSPS) is 15.0. The molecule has 26 heavy (non-hydrogen) atoms. The molecule has 1 aliphatic rings. The van der Waals surface area contributed by atoms with E-state index in [0.717, 1.165) is 31.2 Å². The van der Waals surface area contributed by atoms with Crippen molar-refractivity contribution in [3.8, 4) is 0 Å². The molecule has 0 spiro atoms. The number of rotatable bonds is 5. The number of anilines is 2. The minimum Gasteiger partial charge on any atom is -0.326 e. The van der Waals surface area contributed by atoms with E-state index in [1.807, 2.05) is 13.0 Å². The third kappa shape index (κ3) is 4.25. The third-order valence-electron chi connectivity index (χ3n) is 4.74. The second-order valence-electron chi connectivity index (χ2n) is 6.93. The summed E-state index contributed by atoms with van der Waals surface area (Å²) in [6.07, 6.45) is 3.95. The van der Waals surface area contributed by atoms with Crippen LogP contribution < -0.4 is 10.0 Å². The average molecular weight is 372 g/mol. The molecule has 0 aliphatic heterocycles. The first-order valence-corrected chi connectivity index (χ1v) is 10.3. The minimum absolute atomic E-state index is 0.0265. The zero-order chi connectivity index (χ0) is 18.7. The van der Waals surface area contributed by atoms with E-state index >= 15 is 0 Å². The first-order chi connectivity index (χ1) is 12.3. The van der Waals surface area contributed by atoms with Crippen LogP contribution in [0.1, 0.15) is 36.8 Å². The van der Waals surface area contributed by atoms with E-state index < -0.39 is 10.0 Å². The van der Waals surface area contributed by atoms with Crippen molar-refractivity contribution in [2.45, 2.75) is 44.4 Å². The van der Waals surface area contributed by atoms with E-state index in [1.54, 1.807) is 37.3 Å². The first kappa shape index (κ1) is 18.5. The molecule has 1 saturated carbocycles. The molecule has 2 aromatic carbocycles. The van der Waals surface area contributed by atoms with Crippen LogP contribution in [0.5, 0.6) is 0 Å². The fourth-order valence-electron chi connectivity index (χ4n) is 3.32. The van der Waals surface area contributed by atoms with Crippen LogP contribution in [-0.4, -0.2) is 14.3 Å². The molecule has 0 heterocycles. The topological polar surface area (TPSA) is 75.3 Å². The highest BCUT2D eigenvalue weighted by Gasteiger charge is 2.23. The lowest BCUT2D eigenvalue weighted by molar-refractivity contribution is -0.119. The van der Waals surface area contributed by atoms with E-state index in [9.17, 15) is 13.2 Å². The van der Waals surface area contributed by atoms with Crippen molar-refractivity contribution < 1.29 is 13.2 Å². The summed E-state index contributed by atoms with van der Waals surface area (Å²) in [7, 11) is -3.74. The highest BCUT2D eigenvalue weighted by molar-refractivity contribution is 7.92. The molecule has 6 heteroatoms. The molecule has 0 atom stereocenters. The van der Waals surface area contributed by atoms with Crippen LogP contribution in [0.3, 0.4) is 0 Å². The Morgan fingerprint density at radius 1 is 1.00 bits per heavy atom. The van der Waals surface area contributed by atoms with Gasteiger partial charge in [-0.3, -0.25) is 9.52 Å². The molecule has 0 radical (unpaired) electrons. The van der Waals surface area contributed by atoms with Crippen LogP contribution in [0, 0.1) is 19.8 Å². The van der Waals surface area contributed by atoms with Gasteiger partial charge in [0.25, 0.3) is 10.0 Å². The van der Waals surface area contributed by atoms with Crippen molar-refractivity contribution in [1.29, 1.82) is 0 Å². The van der Waals surface area contributed by atoms with Crippen LogP contribution in [0.2, 0.25) is 0 Å². The molecule has 5 nitrogen and oxygen atoms in total. The highest BCUT2D eigenvalue weighted by Crippen LogP contribution is 2.27. The van der Waals surface area contributed by atoms with Crippen LogP contribution in [0.25, 0.3) is 0 Å². The molecule has 0 bridgehead atoms. The molecular weight excluding hydrogens is 348 g/mol. The predicted octanol–water partition coefficient (Wildman–Crippen LogP) is 4.23. The molecule has 1 aliphatic carbocycles. The van der Waals surface area contributed by atoms with E-state index in [1.165, 1.54) is 6.07 Å². The smallest absolute Gasteiger partial charge is 0.262 e. The zero-order valence-corrected chi connectivity index (χ0v) is 15.9. The Balaban J connectivity index is 1.83. The van der Waals surface area contributed by atoms with Gasteiger partial charge < -0.3 is 5.32 Å². The maximum absolute atomic E-state index is 12.8. The van der Waals surface area contributed by atoms with E-state index in [4.69, 9.17) is 0 Å². The molecule has 0 saturated heterocycles. The first-order valence-electron chi connectivity index (χ1n) is 8.86. The van der Waals surface area contributed by atoms with Gasteiger partial charge in [-0.15, -0.1) is 0 Å². The number of carbonyl (C=O) groups excluding carboxylic acids is 1. The van der Waals surface area contributed by atoms with Crippen LogP contribution in [-0.2, 0) is 14.8 Å². The van der Waals surface area contributed by atoms with Gasteiger partial charge in [0, 0.05) is 17.3 Å². The lowest BCUT2D eigenvalue weighted by Crippen LogP contribution is -2.21. The summed E-state index contributed by atoms with van der Waals surface area (Å²) >= 11 is 0. The number of hydrogen-bond donors (Lipinski definition) is 2. The molecule has 2 aromatic rings. The summed E-state index contributed by atoms with van der Waals surface area (Å²) in [6, 6.07) is 12.2. The van der Waals surface area contributed by atoms with Gasteiger partial charge in [-0.25, -0.2) is 8.42 Å². The van der Waals surface area contributed by atoms with Crippen molar-refractivity contribution in [1.82, 2.24) is 0 Å². The summed E-state index contributed by atoms with van der Waals surface area (Å²) in [5, 5.41) is 2.87.